The summed E-state index contributed by atoms with van der Waals surface area (Å²) in [4.78, 5) is 24.1. The zero-order valence-electron chi connectivity index (χ0n) is 10.4. The van der Waals surface area contributed by atoms with Crippen molar-refractivity contribution < 1.29 is 4.79 Å². The van der Waals surface area contributed by atoms with E-state index in [-0.39, 0.29) is 11.3 Å². The molecule has 1 amide bonds. The molecule has 0 saturated heterocycles. The number of nitrogens with one attached hydrogen (secondary N) is 2. The molecule has 0 atom stereocenters. The Morgan fingerprint density at radius 3 is 3.00 bits per heavy atom. The Morgan fingerprint density at radius 1 is 1.45 bits per heavy atom. The molecule has 0 aromatic carbocycles. The number of aryl methyl sites for hydroxylation is 1. The van der Waals surface area contributed by atoms with Crippen LogP contribution in [-0.4, -0.2) is 16.1 Å². The van der Waals surface area contributed by atoms with Gasteiger partial charge < -0.3 is 5.32 Å². The lowest BCUT2D eigenvalue weighted by Gasteiger charge is -2.02. The maximum Gasteiger partial charge on any atom is 0.276 e. The van der Waals surface area contributed by atoms with E-state index in [0.717, 1.165) is 24.8 Å². The molecular formula is C13H10N4O2S. The molecule has 3 rings (SSSR count). The Kier molecular flexibility index (Phi) is 3.08. The van der Waals surface area contributed by atoms with Crippen LogP contribution in [0.3, 0.4) is 0 Å². The third-order valence-corrected chi connectivity index (χ3v) is 4.38. The van der Waals surface area contributed by atoms with Gasteiger partial charge in [-0.25, -0.2) is 5.10 Å². The number of amides is 1. The van der Waals surface area contributed by atoms with E-state index in [2.05, 4.69) is 21.6 Å². The van der Waals surface area contributed by atoms with E-state index in [4.69, 9.17) is 0 Å². The number of anilines is 1. The minimum atomic E-state index is -0.433. The molecule has 2 aromatic rings. The number of carbonyl (C=O) groups excluding carboxylic acids is 1. The fraction of sp³-hybridized carbons (Fsp3) is 0.231. The number of fused-ring (bicyclic) bond motifs is 1. The molecule has 100 valence electrons. The molecule has 2 N–H and O–H groups in total. The molecular weight excluding hydrogens is 276 g/mol. The third-order valence-electron chi connectivity index (χ3n) is 3.17. The average molecular weight is 286 g/mol. The van der Waals surface area contributed by atoms with Crippen molar-refractivity contribution in [3.05, 3.63) is 44.2 Å². The van der Waals surface area contributed by atoms with E-state index in [1.807, 2.05) is 0 Å². The Morgan fingerprint density at radius 2 is 2.30 bits per heavy atom. The first kappa shape index (κ1) is 12.6. The molecule has 0 aliphatic heterocycles. The van der Waals surface area contributed by atoms with Crippen molar-refractivity contribution in [3.8, 4) is 6.07 Å². The monoisotopic (exact) mass is 286 g/mol. The van der Waals surface area contributed by atoms with Gasteiger partial charge in [-0.1, -0.05) is 0 Å². The van der Waals surface area contributed by atoms with Gasteiger partial charge in [0.1, 0.15) is 16.8 Å². The molecule has 20 heavy (non-hydrogen) atoms. The predicted molar refractivity (Wildman–Crippen MR) is 73.9 cm³/mol. The number of nitrogens with zero attached hydrogens (tertiary/aromatic N) is 2. The van der Waals surface area contributed by atoms with Crippen LogP contribution in [0.25, 0.3) is 0 Å². The van der Waals surface area contributed by atoms with E-state index in [1.54, 1.807) is 0 Å². The van der Waals surface area contributed by atoms with Crippen LogP contribution in [0.1, 0.15) is 32.9 Å². The fourth-order valence-corrected chi connectivity index (χ4v) is 3.48. The van der Waals surface area contributed by atoms with Gasteiger partial charge >= 0.3 is 0 Å². The van der Waals surface area contributed by atoms with Crippen molar-refractivity contribution in [3.63, 3.8) is 0 Å². The van der Waals surface area contributed by atoms with Crippen molar-refractivity contribution in [2.75, 3.05) is 5.32 Å². The zero-order chi connectivity index (χ0) is 14.1. The number of rotatable bonds is 2. The van der Waals surface area contributed by atoms with Crippen LogP contribution in [0.4, 0.5) is 5.00 Å². The summed E-state index contributed by atoms with van der Waals surface area (Å²) in [5, 5.41) is 18.4. The normalized spacial score (nSPS) is 12.8. The summed E-state index contributed by atoms with van der Waals surface area (Å²) in [5.74, 6) is -0.433. The van der Waals surface area contributed by atoms with Gasteiger partial charge in [-0.2, -0.15) is 10.4 Å². The smallest absolute Gasteiger partial charge is 0.276 e. The second-order valence-electron chi connectivity index (χ2n) is 4.43. The van der Waals surface area contributed by atoms with Crippen molar-refractivity contribution in [1.82, 2.24) is 10.2 Å². The Balaban J connectivity index is 1.89. The Hall–Kier alpha value is -2.46. The van der Waals surface area contributed by atoms with Crippen molar-refractivity contribution in [2.24, 2.45) is 0 Å². The van der Waals surface area contributed by atoms with Crippen LogP contribution in [0.15, 0.2) is 16.9 Å². The first-order chi connectivity index (χ1) is 9.69. The highest BCUT2D eigenvalue weighted by atomic mass is 32.1. The lowest BCUT2D eigenvalue weighted by Crippen LogP contribution is -2.17. The first-order valence-corrected chi connectivity index (χ1v) is 6.92. The second-order valence-corrected chi connectivity index (χ2v) is 5.54. The van der Waals surface area contributed by atoms with E-state index in [9.17, 15) is 14.9 Å². The molecule has 2 aromatic heterocycles. The largest absolute Gasteiger partial charge is 0.311 e. The molecule has 7 heteroatoms. The molecule has 1 aliphatic rings. The van der Waals surface area contributed by atoms with Crippen molar-refractivity contribution >= 4 is 22.2 Å². The van der Waals surface area contributed by atoms with Gasteiger partial charge in [-0.05, 0) is 30.9 Å². The average Bonchev–Trinajstić information content (AvgIpc) is 2.99. The molecule has 1 aliphatic carbocycles. The number of thiophene rings is 1. The molecule has 0 fully saturated rings. The number of carbonyl (C=O) groups is 1. The predicted octanol–water partition coefficient (Wildman–Crippen LogP) is 1.44. The van der Waals surface area contributed by atoms with Crippen LogP contribution < -0.4 is 10.9 Å². The van der Waals surface area contributed by atoms with Gasteiger partial charge in [0.25, 0.3) is 11.5 Å². The van der Waals surface area contributed by atoms with Crippen LogP contribution in [0.2, 0.25) is 0 Å². The van der Waals surface area contributed by atoms with Crippen molar-refractivity contribution in [2.45, 2.75) is 19.3 Å². The highest BCUT2D eigenvalue weighted by Crippen LogP contribution is 2.38. The molecule has 2 heterocycles. The van der Waals surface area contributed by atoms with Gasteiger partial charge in [-0.15, -0.1) is 11.3 Å². The number of hydrogen-bond acceptors (Lipinski definition) is 5. The van der Waals surface area contributed by atoms with Crippen LogP contribution in [0.5, 0.6) is 0 Å². The summed E-state index contributed by atoms with van der Waals surface area (Å²) in [7, 11) is 0. The maximum atomic E-state index is 12.0. The van der Waals surface area contributed by atoms with Gasteiger partial charge in [0.15, 0.2) is 0 Å². The van der Waals surface area contributed by atoms with E-state index < -0.39 is 5.91 Å². The minimum Gasteiger partial charge on any atom is -0.311 e. The van der Waals surface area contributed by atoms with Crippen LogP contribution in [-0.2, 0) is 12.8 Å². The van der Waals surface area contributed by atoms with Gasteiger partial charge in [0, 0.05) is 10.9 Å². The van der Waals surface area contributed by atoms with Crippen LogP contribution >= 0.6 is 11.3 Å². The number of aromatic amines is 1. The van der Waals surface area contributed by atoms with E-state index in [0.29, 0.717) is 10.6 Å². The highest BCUT2D eigenvalue weighted by Gasteiger charge is 2.23. The molecule has 6 nitrogen and oxygen atoms in total. The Bertz CT molecular complexity index is 764. The standard InChI is InChI=1S/C13H10N4O2S/c14-6-8-7-2-1-3-10(7)20-13(8)15-12(19)9-4-5-11(18)17-16-9/h4-5H,1-3H2,(H,15,19)(H,17,18). The zero-order valence-corrected chi connectivity index (χ0v) is 11.2. The summed E-state index contributed by atoms with van der Waals surface area (Å²) < 4.78 is 0. The maximum absolute atomic E-state index is 12.0. The lowest BCUT2D eigenvalue weighted by atomic mass is 10.1. The number of nitriles is 1. The molecule has 0 bridgehead atoms. The minimum absolute atomic E-state index is 0.113. The molecule has 0 saturated carbocycles. The third kappa shape index (κ3) is 2.10. The lowest BCUT2D eigenvalue weighted by molar-refractivity contribution is 0.102. The highest BCUT2D eigenvalue weighted by molar-refractivity contribution is 7.16. The van der Waals surface area contributed by atoms with Crippen LogP contribution in [0, 0.1) is 11.3 Å². The molecule has 0 spiro atoms. The second kappa shape index (κ2) is 4.90. The summed E-state index contributed by atoms with van der Waals surface area (Å²) in [6.45, 7) is 0. The van der Waals surface area contributed by atoms with Gasteiger partial charge in [-0.3, -0.25) is 9.59 Å². The summed E-state index contributed by atoms with van der Waals surface area (Å²) in [6.07, 6.45) is 2.91. The Labute approximate surface area is 118 Å². The molecule has 0 radical (unpaired) electrons. The number of hydrogen-bond donors (Lipinski definition) is 2. The summed E-state index contributed by atoms with van der Waals surface area (Å²) >= 11 is 1.45. The fourth-order valence-electron chi connectivity index (χ4n) is 2.25. The number of H-pyrrole nitrogens is 1. The first-order valence-electron chi connectivity index (χ1n) is 6.11. The summed E-state index contributed by atoms with van der Waals surface area (Å²) in [6, 6.07) is 4.75. The van der Waals surface area contributed by atoms with E-state index in [1.165, 1.54) is 28.3 Å². The number of aromatic nitrogens is 2. The van der Waals surface area contributed by atoms with E-state index >= 15 is 0 Å². The summed E-state index contributed by atoms with van der Waals surface area (Å²) in [5.41, 5.74) is 1.36. The van der Waals surface area contributed by atoms with Crippen molar-refractivity contribution in [1.29, 1.82) is 5.26 Å². The quantitative estimate of drug-likeness (QED) is 0.872. The van der Waals surface area contributed by atoms with Gasteiger partial charge in [0.2, 0.25) is 0 Å². The van der Waals surface area contributed by atoms with Gasteiger partial charge in [0.05, 0.1) is 5.56 Å². The molecule has 0 unspecified atom stereocenters. The SMILES string of the molecule is N#Cc1c(NC(=O)c2ccc(=O)[nH]n2)sc2c1CCC2. The topological polar surface area (TPSA) is 98.6 Å².